The van der Waals surface area contributed by atoms with Gasteiger partial charge in [0.25, 0.3) is 0 Å². The molecule has 0 spiro atoms. The van der Waals surface area contributed by atoms with Crippen molar-refractivity contribution in [2.24, 2.45) is 7.05 Å². The van der Waals surface area contributed by atoms with Crippen LogP contribution in [-0.4, -0.2) is 16.7 Å². The van der Waals surface area contributed by atoms with Crippen LogP contribution in [0.4, 0.5) is 0 Å². The van der Waals surface area contributed by atoms with E-state index in [-0.39, 0.29) is 6.04 Å². The summed E-state index contributed by atoms with van der Waals surface area (Å²) in [5.74, 6) is 1.74. The maximum atomic E-state index is 5.68. The summed E-state index contributed by atoms with van der Waals surface area (Å²) in [6.45, 7) is 2.98. The van der Waals surface area contributed by atoms with Crippen LogP contribution in [0.15, 0.2) is 84.9 Å². The van der Waals surface area contributed by atoms with Gasteiger partial charge in [0, 0.05) is 19.6 Å². The van der Waals surface area contributed by atoms with Crippen molar-refractivity contribution >= 4 is 21.8 Å². The van der Waals surface area contributed by atoms with Crippen LogP contribution in [-0.2, 0) is 13.6 Å². The van der Waals surface area contributed by atoms with Crippen LogP contribution in [0, 0.1) is 0 Å². The van der Waals surface area contributed by atoms with Gasteiger partial charge in [-0.1, -0.05) is 60.7 Å². The van der Waals surface area contributed by atoms with Gasteiger partial charge in [-0.2, -0.15) is 0 Å². The molecule has 4 nitrogen and oxygen atoms in total. The Bertz CT molecular complexity index is 1400. The van der Waals surface area contributed by atoms with Gasteiger partial charge < -0.3 is 14.6 Å². The normalized spacial score (nSPS) is 12.3. The fourth-order valence-electron chi connectivity index (χ4n) is 4.44. The fourth-order valence-corrected chi connectivity index (χ4v) is 4.44. The van der Waals surface area contributed by atoms with Crippen LogP contribution in [0.25, 0.3) is 33.2 Å². The molecule has 0 unspecified atom stereocenters. The Morgan fingerprint density at radius 1 is 0.938 bits per heavy atom. The van der Waals surface area contributed by atoms with Gasteiger partial charge in [0.05, 0.1) is 23.7 Å². The highest BCUT2D eigenvalue weighted by molar-refractivity contribution is 5.86. The van der Waals surface area contributed by atoms with E-state index in [1.165, 1.54) is 21.9 Å². The second-order valence-electron chi connectivity index (χ2n) is 8.19. The van der Waals surface area contributed by atoms with Crippen molar-refractivity contribution < 1.29 is 4.74 Å². The quantitative estimate of drug-likeness (QED) is 0.352. The molecule has 0 radical (unpaired) electrons. The molecular weight excluding hydrogens is 394 g/mol. The predicted octanol–water partition coefficient (Wildman–Crippen LogP) is 6.25. The first-order chi connectivity index (χ1) is 15.7. The minimum absolute atomic E-state index is 0.224. The Morgan fingerprint density at radius 2 is 1.72 bits per heavy atom. The molecule has 160 valence electrons. The smallest absolute Gasteiger partial charge is 0.144 e. The molecular formula is C28H27N3O. The van der Waals surface area contributed by atoms with E-state index in [2.05, 4.69) is 84.5 Å². The first-order valence-corrected chi connectivity index (χ1v) is 11.0. The van der Waals surface area contributed by atoms with E-state index in [0.717, 1.165) is 34.7 Å². The molecule has 0 amide bonds. The lowest BCUT2D eigenvalue weighted by Gasteiger charge is -2.17. The minimum atomic E-state index is 0.224. The number of aromatic nitrogens is 2. The van der Waals surface area contributed by atoms with Gasteiger partial charge in [0.2, 0.25) is 0 Å². The zero-order chi connectivity index (χ0) is 22.1. The van der Waals surface area contributed by atoms with E-state index >= 15 is 0 Å². The Hall–Kier alpha value is -3.63. The third-order valence-corrected chi connectivity index (χ3v) is 6.19. The van der Waals surface area contributed by atoms with Gasteiger partial charge >= 0.3 is 0 Å². The summed E-state index contributed by atoms with van der Waals surface area (Å²) < 4.78 is 7.80. The number of aryl methyl sites for hydroxylation is 1. The number of imidazole rings is 1. The predicted molar refractivity (Wildman–Crippen MR) is 132 cm³/mol. The van der Waals surface area contributed by atoms with E-state index in [4.69, 9.17) is 9.72 Å². The Morgan fingerprint density at radius 3 is 2.56 bits per heavy atom. The third-order valence-electron chi connectivity index (χ3n) is 6.19. The SMILES string of the molecule is COc1ccc(CN[C@H](C)c2cccc3ccccc23)cc1-c1nc2ccccc2n1C. The Balaban J connectivity index is 1.44. The van der Waals surface area contributed by atoms with Gasteiger partial charge in [0.1, 0.15) is 11.6 Å². The van der Waals surface area contributed by atoms with Crippen molar-refractivity contribution in [1.82, 2.24) is 14.9 Å². The lowest BCUT2D eigenvalue weighted by Crippen LogP contribution is -2.18. The lowest BCUT2D eigenvalue weighted by molar-refractivity contribution is 0.415. The molecule has 1 heterocycles. The van der Waals surface area contributed by atoms with Crippen molar-refractivity contribution in [2.45, 2.75) is 19.5 Å². The summed E-state index contributed by atoms with van der Waals surface area (Å²) >= 11 is 0. The molecule has 0 aliphatic carbocycles. The molecule has 0 fully saturated rings. The first-order valence-electron chi connectivity index (χ1n) is 11.0. The van der Waals surface area contributed by atoms with Gasteiger partial charge in [-0.25, -0.2) is 4.98 Å². The van der Waals surface area contributed by atoms with Gasteiger partial charge in [0.15, 0.2) is 0 Å². The second-order valence-corrected chi connectivity index (χ2v) is 8.19. The molecule has 0 saturated heterocycles. The number of benzene rings is 4. The molecule has 5 rings (SSSR count). The Labute approximate surface area is 188 Å². The lowest BCUT2D eigenvalue weighted by atomic mass is 9.99. The number of methoxy groups -OCH3 is 1. The zero-order valence-corrected chi connectivity index (χ0v) is 18.7. The summed E-state index contributed by atoms with van der Waals surface area (Å²) in [7, 11) is 3.76. The second kappa shape index (κ2) is 8.48. The number of nitrogens with zero attached hydrogens (tertiary/aromatic N) is 2. The summed E-state index contributed by atoms with van der Waals surface area (Å²) in [6.07, 6.45) is 0. The number of fused-ring (bicyclic) bond motifs is 2. The van der Waals surface area contributed by atoms with Gasteiger partial charge in [-0.15, -0.1) is 0 Å². The molecule has 0 aliphatic rings. The molecule has 0 aliphatic heterocycles. The van der Waals surface area contributed by atoms with Crippen molar-refractivity contribution in [2.75, 3.05) is 7.11 Å². The van der Waals surface area contributed by atoms with Crippen LogP contribution in [0.3, 0.4) is 0 Å². The Kier molecular flexibility index (Phi) is 5.38. The summed E-state index contributed by atoms with van der Waals surface area (Å²) in [4.78, 5) is 4.87. The summed E-state index contributed by atoms with van der Waals surface area (Å²) in [5.41, 5.74) is 5.60. The number of ether oxygens (including phenoxy) is 1. The van der Waals surface area contributed by atoms with Crippen molar-refractivity contribution in [3.05, 3.63) is 96.1 Å². The van der Waals surface area contributed by atoms with Gasteiger partial charge in [-0.3, -0.25) is 0 Å². The average molecular weight is 422 g/mol. The zero-order valence-electron chi connectivity index (χ0n) is 18.7. The number of hydrogen-bond donors (Lipinski definition) is 1. The highest BCUT2D eigenvalue weighted by atomic mass is 16.5. The molecule has 0 bridgehead atoms. The number of rotatable bonds is 6. The molecule has 4 heteroatoms. The van der Waals surface area contributed by atoms with Crippen LogP contribution < -0.4 is 10.1 Å². The van der Waals surface area contributed by atoms with E-state index in [1.807, 2.05) is 24.3 Å². The number of para-hydroxylation sites is 2. The highest BCUT2D eigenvalue weighted by Crippen LogP contribution is 2.32. The van der Waals surface area contributed by atoms with Crippen LogP contribution in [0.2, 0.25) is 0 Å². The molecule has 5 aromatic rings. The van der Waals surface area contributed by atoms with Crippen molar-refractivity contribution in [3.8, 4) is 17.1 Å². The van der Waals surface area contributed by atoms with Crippen LogP contribution in [0.1, 0.15) is 24.1 Å². The van der Waals surface area contributed by atoms with E-state index in [0.29, 0.717) is 0 Å². The van der Waals surface area contributed by atoms with Crippen molar-refractivity contribution in [3.63, 3.8) is 0 Å². The maximum Gasteiger partial charge on any atom is 0.144 e. The number of hydrogen-bond acceptors (Lipinski definition) is 3. The van der Waals surface area contributed by atoms with E-state index < -0.39 is 0 Å². The average Bonchev–Trinajstić information content (AvgIpc) is 3.18. The largest absolute Gasteiger partial charge is 0.496 e. The van der Waals surface area contributed by atoms with Crippen LogP contribution in [0.5, 0.6) is 5.75 Å². The summed E-state index contributed by atoms with van der Waals surface area (Å²) in [5, 5.41) is 6.26. The molecule has 4 aromatic carbocycles. The highest BCUT2D eigenvalue weighted by Gasteiger charge is 2.15. The molecule has 1 N–H and O–H groups in total. The monoisotopic (exact) mass is 421 g/mol. The molecule has 1 aromatic heterocycles. The molecule has 32 heavy (non-hydrogen) atoms. The number of nitrogens with one attached hydrogen (secondary N) is 1. The van der Waals surface area contributed by atoms with E-state index in [9.17, 15) is 0 Å². The van der Waals surface area contributed by atoms with Crippen LogP contribution >= 0.6 is 0 Å². The first kappa shape index (κ1) is 20.3. The fraction of sp³-hybridized carbons (Fsp3) is 0.179. The molecule has 0 saturated carbocycles. The standard InChI is InChI=1S/C28H27N3O/c1-19(22-12-8-10-21-9-4-5-11-23(21)22)29-18-20-15-16-27(32-3)24(17-20)28-30-25-13-6-7-14-26(25)31(28)2/h4-17,19,29H,18H2,1-3H3/t19-/m1/s1. The third kappa shape index (κ3) is 3.63. The molecule has 1 atom stereocenters. The van der Waals surface area contributed by atoms with E-state index in [1.54, 1.807) is 7.11 Å². The topological polar surface area (TPSA) is 39.1 Å². The van der Waals surface area contributed by atoms with Crippen molar-refractivity contribution in [1.29, 1.82) is 0 Å². The maximum absolute atomic E-state index is 5.68. The summed E-state index contributed by atoms with van der Waals surface area (Å²) in [6, 6.07) is 29.8. The van der Waals surface area contributed by atoms with Gasteiger partial charge in [-0.05, 0) is 53.1 Å². The minimum Gasteiger partial charge on any atom is -0.496 e.